The van der Waals surface area contributed by atoms with Crippen LogP contribution in [0.25, 0.3) is 0 Å². The van der Waals surface area contributed by atoms with Crippen LogP contribution in [0, 0.1) is 6.92 Å². The Morgan fingerprint density at radius 1 is 0.963 bits per heavy atom. The number of likely N-dealkylation sites (N-methyl/N-ethyl adjacent to an activating group) is 1. The number of aryl methyl sites for hydroxylation is 1. The molecule has 2 N–H and O–H groups in total. The highest BCUT2D eigenvalue weighted by atomic mass is 16.2. The predicted molar refractivity (Wildman–Crippen MR) is 111 cm³/mol. The molecule has 0 aliphatic heterocycles. The van der Waals surface area contributed by atoms with Crippen LogP contribution in [0.2, 0.25) is 0 Å². The molecular weight excluding hydrogens is 338 g/mol. The fraction of sp³-hybridized carbons (Fsp3) is 0.364. The molecule has 0 aliphatic rings. The zero-order chi connectivity index (χ0) is 19.8. The van der Waals surface area contributed by atoms with Crippen LogP contribution in [0.4, 0.5) is 11.4 Å². The molecule has 1 atom stereocenters. The summed E-state index contributed by atoms with van der Waals surface area (Å²) in [6, 6.07) is 15.5. The molecule has 0 saturated heterocycles. The van der Waals surface area contributed by atoms with E-state index in [0.717, 1.165) is 28.9 Å². The van der Waals surface area contributed by atoms with Crippen molar-refractivity contribution in [1.82, 2.24) is 4.90 Å². The SMILES string of the molecule is CC[C@@H](C)c1ccccc1NC(=O)CN(C)CC(=O)Nc1ccc(C)cc1. The third-order valence-corrected chi connectivity index (χ3v) is 4.54. The second-order valence-electron chi connectivity index (χ2n) is 7.03. The molecule has 0 aromatic heterocycles. The highest BCUT2D eigenvalue weighted by Gasteiger charge is 2.14. The number of anilines is 2. The molecule has 27 heavy (non-hydrogen) atoms. The predicted octanol–water partition coefficient (Wildman–Crippen LogP) is 4.02. The Balaban J connectivity index is 1.86. The number of carbonyl (C=O) groups is 2. The number of nitrogens with zero attached hydrogens (tertiary/aromatic N) is 1. The van der Waals surface area contributed by atoms with Crippen molar-refractivity contribution in [3.05, 3.63) is 59.7 Å². The number of carbonyl (C=O) groups excluding carboxylic acids is 2. The van der Waals surface area contributed by atoms with Crippen molar-refractivity contribution >= 4 is 23.2 Å². The molecule has 2 rings (SSSR count). The normalized spacial score (nSPS) is 11.9. The van der Waals surface area contributed by atoms with Gasteiger partial charge in [0.25, 0.3) is 0 Å². The van der Waals surface area contributed by atoms with Gasteiger partial charge in [-0.2, -0.15) is 0 Å². The van der Waals surface area contributed by atoms with Crippen molar-refractivity contribution in [2.45, 2.75) is 33.1 Å². The van der Waals surface area contributed by atoms with Crippen LogP contribution in [0.5, 0.6) is 0 Å². The van der Waals surface area contributed by atoms with E-state index in [9.17, 15) is 9.59 Å². The number of para-hydroxylation sites is 1. The van der Waals surface area contributed by atoms with Gasteiger partial charge in [-0.1, -0.05) is 49.7 Å². The van der Waals surface area contributed by atoms with Gasteiger partial charge in [0.05, 0.1) is 13.1 Å². The number of nitrogens with one attached hydrogen (secondary N) is 2. The van der Waals surface area contributed by atoms with Crippen molar-refractivity contribution in [3.63, 3.8) is 0 Å². The molecule has 2 amide bonds. The monoisotopic (exact) mass is 367 g/mol. The van der Waals surface area contributed by atoms with Crippen molar-refractivity contribution < 1.29 is 9.59 Å². The molecule has 144 valence electrons. The minimum atomic E-state index is -0.144. The number of hydrogen-bond acceptors (Lipinski definition) is 3. The first-order valence-corrected chi connectivity index (χ1v) is 9.33. The van der Waals surface area contributed by atoms with Crippen LogP contribution >= 0.6 is 0 Å². The van der Waals surface area contributed by atoms with Crippen LogP contribution in [-0.4, -0.2) is 36.9 Å². The summed E-state index contributed by atoms with van der Waals surface area (Å²) in [5.74, 6) is 0.102. The summed E-state index contributed by atoms with van der Waals surface area (Å²) in [7, 11) is 1.76. The minimum absolute atomic E-state index is 0.128. The maximum Gasteiger partial charge on any atom is 0.238 e. The molecule has 5 heteroatoms. The molecule has 0 radical (unpaired) electrons. The largest absolute Gasteiger partial charge is 0.325 e. The van der Waals surface area contributed by atoms with E-state index in [1.165, 1.54) is 0 Å². The van der Waals surface area contributed by atoms with Crippen molar-refractivity contribution in [2.75, 3.05) is 30.8 Å². The van der Waals surface area contributed by atoms with Gasteiger partial charge in [0, 0.05) is 11.4 Å². The third-order valence-electron chi connectivity index (χ3n) is 4.54. The Morgan fingerprint density at radius 3 is 2.19 bits per heavy atom. The van der Waals surface area contributed by atoms with Gasteiger partial charge in [-0.3, -0.25) is 14.5 Å². The van der Waals surface area contributed by atoms with Gasteiger partial charge in [0.2, 0.25) is 11.8 Å². The van der Waals surface area contributed by atoms with E-state index in [0.29, 0.717) is 5.92 Å². The molecular formula is C22H29N3O2. The highest BCUT2D eigenvalue weighted by molar-refractivity contribution is 5.95. The van der Waals surface area contributed by atoms with Crippen LogP contribution in [0.1, 0.15) is 37.3 Å². The van der Waals surface area contributed by atoms with Gasteiger partial charge in [0.15, 0.2) is 0 Å². The summed E-state index contributed by atoms with van der Waals surface area (Å²) in [5, 5.41) is 5.82. The standard InChI is InChI=1S/C22H29N3O2/c1-5-17(3)19-8-6-7-9-20(19)24-22(27)15-25(4)14-21(26)23-18-12-10-16(2)11-13-18/h6-13,17H,5,14-15H2,1-4H3,(H,23,26)(H,24,27)/t17-/m1/s1. The van der Waals surface area contributed by atoms with Gasteiger partial charge < -0.3 is 10.6 Å². The Labute approximate surface area is 161 Å². The third kappa shape index (κ3) is 6.53. The molecule has 2 aromatic carbocycles. The fourth-order valence-corrected chi connectivity index (χ4v) is 2.83. The summed E-state index contributed by atoms with van der Waals surface area (Å²) in [6.45, 7) is 6.57. The van der Waals surface area contributed by atoms with E-state index in [1.54, 1.807) is 11.9 Å². The van der Waals surface area contributed by atoms with E-state index in [4.69, 9.17) is 0 Å². The molecule has 0 bridgehead atoms. The summed E-state index contributed by atoms with van der Waals surface area (Å²) in [4.78, 5) is 26.2. The van der Waals surface area contributed by atoms with E-state index in [1.807, 2.05) is 55.5 Å². The Bertz CT molecular complexity index is 771. The first kappa shape index (κ1) is 20.6. The molecule has 0 spiro atoms. The number of benzene rings is 2. The van der Waals surface area contributed by atoms with E-state index < -0.39 is 0 Å². The lowest BCUT2D eigenvalue weighted by Crippen LogP contribution is -2.36. The summed E-state index contributed by atoms with van der Waals surface area (Å²) in [5.41, 5.74) is 3.87. The Morgan fingerprint density at radius 2 is 1.56 bits per heavy atom. The Hall–Kier alpha value is -2.66. The second kappa shape index (κ2) is 9.88. The van der Waals surface area contributed by atoms with Crippen LogP contribution in [-0.2, 0) is 9.59 Å². The smallest absolute Gasteiger partial charge is 0.238 e. The zero-order valence-corrected chi connectivity index (χ0v) is 16.6. The fourth-order valence-electron chi connectivity index (χ4n) is 2.83. The minimum Gasteiger partial charge on any atom is -0.325 e. The molecule has 0 saturated carbocycles. The first-order chi connectivity index (χ1) is 12.9. The maximum atomic E-state index is 12.4. The number of amides is 2. The summed E-state index contributed by atoms with van der Waals surface area (Å²) >= 11 is 0. The average molecular weight is 367 g/mol. The average Bonchev–Trinajstić information content (AvgIpc) is 2.63. The number of hydrogen-bond donors (Lipinski definition) is 2. The van der Waals surface area contributed by atoms with Crippen molar-refractivity contribution in [3.8, 4) is 0 Å². The highest BCUT2D eigenvalue weighted by Crippen LogP contribution is 2.26. The first-order valence-electron chi connectivity index (χ1n) is 9.33. The van der Waals surface area contributed by atoms with Gasteiger partial charge in [-0.15, -0.1) is 0 Å². The second-order valence-corrected chi connectivity index (χ2v) is 7.03. The lowest BCUT2D eigenvalue weighted by Gasteiger charge is -2.18. The molecule has 0 fully saturated rings. The summed E-state index contributed by atoms with van der Waals surface area (Å²) < 4.78 is 0. The van der Waals surface area contributed by atoms with E-state index in [2.05, 4.69) is 24.5 Å². The van der Waals surface area contributed by atoms with Gasteiger partial charge in [-0.05, 0) is 50.1 Å². The molecule has 0 unspecified atom stereocenters. The lowest BCUT2D eigenvalue weighted by atomic mass is 9.97. The van der Waals surface area contributed by atoms with Gasteiger partial charge in [-0.25, -0.2) is 0 Å². The van der Waals surface area contributed by atoms with Crippen LogP contribution < -0.4 is 10.6 Å². The molecule has 2 aromatic rings. The van der Waals surface area contributed by atoms with E-state index >= 15 is 0 Å². The summed E-state index contributed by atoms with van der Waals surface area (Å²) in [6.07, 6.45) is 1.01. The molecule has 5 nitrogen and oxygen atoms in total. The number of rotatable bonds is 8. The van der Waals surface area contributed by atoms with Crippen LogP contribution in [0.3, 0.4) is 0 Å². The molecule has 0 heterocycles. The molecule has 0 aliphatic carbocycles. The maximum absolute atomic E-state index is 12.4. The zero-order valence-electron chi connectivity index (χ0n) is 16.6. The van der Waals surface area contributed by atoms with Crippen LogP contribution in [0.15, 0.2) is 48.5 Å². The van der Waals surface area contributed by atoms with Crippen molar-refractivity contribution in [2.24, 2.45) is 0 Å². The topological polar surface area (TPSA) is 61.4 Å². The van der Waals surface area contributed by atoms with Gasteiger partial charge in [0.1, 0.15) is 0 Å². The lowest BCUT2D eigenvalue weighted by molar-refractivity contribution is -0.119. The quantitative estimate of drug-likeness (QED) is 0.741. The Kier molecular flexibility index (Phi) is 7.55. The van der Waals surface area contributed by atoms with Crippen molar-refractivity contribution in [1.29, 1.82) is 0 Å². The van der Waals surface area contributed by atoms with Gasteiger partial charge >= 0.3 is 0 Å². The van der Waals surface area contributed by atoms with E-state index in [-0.39, 0.29) is 24.9 Å².